The van der Waals surface area contributed by atoms with Gasteiger partial charge < -0.3 is 9.64 Å². The predicted molar refractivity (Wildman–Crippen MR) is 101 cm³/mol. The van der Waals surface area contributed by atoms with E-state index in [1.165, 1.54) is 31.4 Å². The lowest BCUT2D eigenvalue weighted by Crippen LogP contribution is -2.54. The molecule has 3 aliphatic carbocycles. The highest BCUT2D eigenvalue weighted by Crippen LogP contribution is 2.64. The van der Waals surface area contributed by atoms with Crippen LogP contribution in [-0.2, 0) is 21.5 Å². The maximum atomic E-state index is 13.5. The summed E-state index contributed by atoms with van der Waals surface area (Å²) in [5.41, 5.74) is 1.64. The average Bonchev–Trinajstić information content (AvgIpc) is 3.41. The lowest BCUT2D eigenvalue weighted by atomic mass is 9.58. The van der Waals surface area contributed by atoms with Crippen LogP contribution >= 0.6 is 0 Å². The molecule has 26 heavy (non-hydrogen) atoms. The number of methoxy groups -OCH3 is 1. The molecule has 3 unspecified atom stereocenters. The monoisotopic (exact) mass is 359 g/mol. The predicted octanol–water partition coefficient (Wildman–Crippen LogP) is 3.24. The molecule has 1 aliphatic heterocycles. The van der Waals surface area contributed by atoms with Crippen molar-refractivity contribution >= 4 is 5.91 Å². The molecule has 4 aliphatic rings. The third-order valence-corrected chi connectivity index (χ3v) is 7.90. The molecule has 1 aromatic heterocycles. The molecule has 1 aromatic rings. The molecule has 3 atom stereocenters. The molecule has 5 rings (SSSR count). The van der Waals surface area contributed by atoms with Crippen molar-refractivity contribution in [3.8, 4) is 0 Å². The van der Waals surface area contributed by atoms with Crippen molar-refractivity contribution in [1.82, 2.24) is 14.7 Å². The van der Waals surface area contributed by atoms with E-state index in [9.17, 15) is 4.79 Å². The van der Waals surface area contributed by atoms with E-state index in [0.717, 1.165) is 32.5 Å². The Kier molecular flexibility index (Phi) is 4.62. The van der Waals surface area contributed by atoms with E-state index in [1.54, 1.807) is 7.11 Å². The van der Waals surface area contributed by atoms with Crippen molar-refractivity contribution < 1.29 is 9.53 Å². The van der Waals surface area contributed by atoms with Crippen LogP contribution in [0.25, 0.3) is 0 Å². The molecule has 4 fully saturated rings. The van der Waals surface area contributed by atoms with Crippen molar-refractivity contribution in [3.63, 3.8) is 0 Å². The molecule has 2 heterocycles. The van der Waals surface area contributed by atoms with Gasteiger partial charge in [-0.25, -0.2) is 0 Å². The Labute approximate surface area is 157 Å². The number of hydrogen-bond acceptors (Lipinski definition) is 3. The molecule has 5 nitrogen and oxygen atoms in total. The summed E-state index contributed by atoms with van der Waals surface area (Å²) in [6.07, 6.45) is 8.89. The molecular weight excluding hydrogens is 326 g/mol. The topological polar surface area (TPSA) is 47.4 Å². The summed E-state index contributed by atoms with van der Waals surface area (Å²) in [4.78, 5) is 15.7. The lowest BCUT2D eigenvalue weighted by molar-refractivity contribution is -0.143. The van der Waals surface area contributed by atoms with Crippen LogP contribution in [0, 0.1) is 17.3 Å². The Morgan fingerprint density at radius 1 is 1.35 bits per heavy atom. The third-order valence-electron chi connectivity index (χ3n) is 7.90. The maximum Gasteiger partial charge on any atom is 0.226 e. The highest BCUT2D eigenvalue weighted by Gasteiger charge is 2.64. The minimum Gasteiger partial charge on any atom is -0.383 e. The fourth-order valence-electron chi connectivity index (χ4n) is 6.06. The zero-order valence-corrected chi connectivity index (χ0v) is 16.5. The number of fused-ring (bicyclic) bond motifs is 1. The fraction of sp³-hybridized carbons (Fsp3) is 0.810. The van der Waals surface area contributed by atoms with E-state index >= 15 is 0 Å². The van der Waals surface area contributed by atoms with Gasteiger partial charge in [0.25, 0.3) is 0 Å². The van der Waals surface area contributed by atoms with Gasteiger partial charge in [-0.3, -0.25) is 9.48 Å². The standard InChI is InChI=1S/C21H33N3O2/c1-4-20(5-2)9-11-23(15-20)19(25)18-16-6-8-21(18,14-16)17-7-10-22-24(17)12-13-26-3/h7,10,16,18H,4-6,8-9,11-15H2,1-3H3. The molecule has 0 aromatic carbocycles. The number of rotatable bonds is 7. The molecule has 0 spiro atoms. The molecule has 5 heteroatoms. The summed E-state index contributed by atoms with van der Waals surface area (Å²) in [6.45, 7) is 7.89. The van der Waals surface area contributed by atoms with E-state index < -0.39 is 0 Å². The number of ether oxygens (including phenoxy) is 1. The average molecular weight is 360 g/mol. The highest BCUT2D eigenvalue weighted by molar-refractivity contribution is 5.83. The van der Waals surface area contributed by atoms with Crippen LogP contribution in [0.1, 0.15) is 58.1 Å². The number of likely N-dealkylation sites (tertiary alicyclic amines) is 1. The molecule has 0 radical (unpaired) electrons. The minimum absolute atomic E-state index is 0.0235. The zero-order chi connectivity index (χ0) is 18.4. The van der Waals surface area contributed by atoms with Crippen LogP contribution in [0.4, 0.5) is 0 Å². The summed E-state index contributed by atoms with van der Waals surface area (Å²) >= 11 is 0. The summed E-state index contributed by atoms with van der Waals surface area (Å²) < 4.78 is 7.33. The second-order valence-corrected chi connectivity index (χ2v) is 8.79. The zero-order valence-electron chi connectivity index (χ0n) is 16.5. The normalized spacial score (nSPS) is 32.0. The van der Waals surface area contributed by atoms with Crippen molar-refractivity contribution in [2.75, 3.05) is 26.8 Å². The van der Waals surface area contributed by atoms with E-state index in [0.29, 0.717) is 23.8 Å². The Bertz CT molecular complexity index is 662. The maximum absolute atomic E-state index is 13.5. The summed E-state index contributed by atoms with van der Waals surface area (Å²) in [7, 11) is 1.73. The first-order chi connectivity index (χ1) is 12.6. The summed E-state index contributed by atoms with van der Waals surface area (Å²) in [5, 5.41) is 4.52. The molecule has 144 valence electrons. The summed E-state index contributed by atoms with van der Waals surface area (Å²) in [6, 6.07) is 2.14. The molecule has 3 saturated carbocycles. The second-order valence-electron chi connectivity index (χ2n) is 8.79. The van der Waals surface area contributed by atoms with E-state index in [-0.39, 0.29) is 11.3 Å². The molecule has 1 amide bonds. The van der Waals surface area contributed by atoms with Gasteiger partial charge in [-0.15, -0.1) is 0 Å². The molecule has 2 bridgehead atoms. The number of amides is 1. The van der Waals surface area contributed by atoms with Crippen LogP contribution in [0.15, 0.2) is 12.3 Å². The van der Waals surface area contributed by atoms with Crippen molar-refractivity contribution in [2.45, 2.75) is 64.3 Å². The molecular formula is C21H33N3O2. The largest absolute Gasteiger partial charge is 0.383 e. The smallest absolute Gasteiger partial charge is 0.226 e. The summed E-state index contributed by atoms with van der Waals surface area (Å²) in [5.74, 6) is 1.17. The number of carbonyl (C=O) groups is 1. The van der Waals surface area contributed by atoms with Gasteiger partial charge in [-0.1, -0.05) is 13.8 Å². The van der Waals surface area contributed by atoms with Crippen molar-refractivity contribution in [2.24, 2.45) is 17.3 Å². The Morgan fingerprint density at radius 3 is 2.81 bits per heavy atom. The number of aromatic nitrogens is 2. The van der Waals surface area contributed by atoms with E-state index in [4.69, 9.17) is 4.74 Å². The van der Waals surface area contributed by atoms with Crippen LogP contribution in [0.3, 0.4) is 0 Å². The number of carbonyl (C=O) groups excluding carboxylic acids is 1. The van der Waals surface area contributed by atoms with Gasteiger partial charge in [0.05, 0.1) is 19.1 Å². The van der Waals surface area contributed by atoms with E-state index in [2.05, 4.69) is 34.6 Å². The van der Waals surface area contributed by atoms with Crippen LogP contribution in [0.5, 0.6) is 0 Å². The first-order valence-corrected chi connectivity index (χ1v) is 10.4. The van der Waals surface area contributed by atoms with Crippen LogP contribution in [-0.4, -0.2) is 47.4 Å². The quantitative estimate of drug-likeness (QED) is 0.751. The first kappa shape index (κ1) is 18.0. The van der Waals surface area contributed by atoms with Gasteiger partial charge in [0.2, 0.25) is 5.91 Å². The number of nitrogens with zero attached hydrogens (tertiary/aromatic N) is 3. The van der Waals surface area contributed by atoms with Gasteiger partial charge in [0.1, 0.15) is 0 Å². The van der Waals surface area contributed by atoms with Crippen LogP contribution in [0.2, 0.25) is 0 Å². The SMILES string of the molecule is CCC1(CC)CCN(C(=O)C2C3CCC2(c2ccnn2CCOC)C3)C1. The number of hydrogen-bond donors (Lipinski definition) is 0. The molecule has 0 N–H and O–H groups in total. The second kappa shape index (κ2) is 6.66. The van der Waals surface area contributed by atoms with Gasteiger partial charge in [0, 0.05) is 37.5 Å². The van der Waals surface area contributed by atoms with Gasteiger partial charge in [0.15, 0.2) is 0 Å². The van der Waals surface area contributed by atoms with Crippen LogP contribution < -0.4 is 0 Å². The van der Waals surface area contributed by atoms with Crippen molar-refractivity contribution in [1.29, 1.82) is 0 Å². The van der Waals surface area contributed by atoms with Crippen molar-refractivity contribution in [3.05, 3.63) is 18.0 Å². The Hall–Kier alpha value is -1.36. The lowest BCUT2D eigenvalue weighted by Gasteiger charge is -2.48. The van der Waals surface area contributed by atoms with Gasteiger partial charge in [-0.2, -0.15) is 5.10 Å². The van der Waals surface area contributed by atoms with Gasteiger partial charge >= 0.3 is 0 Å². The third kappa shape index (κ3) is 2.54. The first-order valence-electron chi connectivity index (χ1n) is 10.4. The van der Waals surface area contributed by atoms with E-state index in [1.807, 2.05) is 6.20 Å². The van der Waals surface area contributed by atoms with Gasteiger partial charge in [-0.05, 0) is 55.9 Å². The molecule has 1 saturated heterocycles. The Morgan fingerprint density at radius 2 is 2.15 bits per heavy atom. The Balaban J connectivity index is 1.55. The fourth-order valence-corrected chi connectivity index (χ4v) is 6.06. The minimum atomic E-state index is 0.0235. The highest BCUT2D eigenvalue weighted by atomic mass is 16.5.